The quantitative estimate of drug-likeness (QED) is 0.735. The standard InChI is InChI=1S/C7H4F3N3O/c8-7(9,10)5-4(1-2-11)6(14)13-3-12-5/h3H,1H2,(H,12,13,14). The first-order chi connectivity index (χ1) is 6.46. The van der Waals surface area contributed by atoms with Crippen LogP contribution in [-0.2, 0) is 12.6 Å². The number of hydrogen-bond acceptors (Lipinski definition) is 3. The second kappa shape index (κ2) is 3.49. The zero-order valence-corrected chi connectivity index (χ0v) is 6.72. The van der Waals surface area contributed by atoms with Crippen molar-refractivity contribution >= 4 is 0 Å². The van der Waals surface area contributed by atoms with Gasteiger partial charge in [-0.25, -0.2) is 4.98 Å². The van der Waals surface area contributed by atoms with E-state index in [2.05, 4.69) is 4.98 Å². The molecule has 0 unspecified atom stereocenters. The van der Waals surface area contributed by atoms with Crippen molar-refractivity contribution in [1.29, 1.82) is 5.26 Å². The largest absolute Gasteiger partial charge is 0.433 e. The van der Waals surface area contributed by atoms with Gasteiger partial charge in [0.05, 0.1) is 24.4 Å². The van der Waals surface area contributed by atoms with Gasteiger partial charge in [-0.3, -0.25) is 4.79 Å². The Labute approximate surface area is 76.0 Å². The molecule has 0 radical (unpaired) electrons. The summed E-state index contributed by atoms with van der Waals surface area (Å²) in [6.07, 6.45) is -4.66. The average molecular weight is 203 g/mol. The predicted octanol–water partition coefficient (Wildman–Crippen LogP) is 0.855. The molecule has 0 aliphatic heterocycles. The first-order valence-corrected chi connectivity index (χ1v) is 3.47. The van der Waals surface area contributed by atoms with E-state index in [0.29, 0.717) is 6.33 Å². The molecule has 1 N–H and O–H groups in total. The fourth-order valence-corrected chi connectivity index (χ4v) is 0.915. The normalized spacial score (nSPS) is 11.0. The van der Waals surface area contributed by atoms with Crippen LogP contribution in [0.15, 0.2) is 11.1 Å². The Balaban J connectivity index is 3.38. The van der Waals surface area contributed by atoms with E-state index in [0.717, 1.165) is 0 Å². The van der Waals surface area contributed by atoms with Crippen LogP contribution in [0.1, 0.15) is 11.3 Å². The van der Waals surface area contributed by atoms with Crippen molar-refractivity contribution in [3.8, 4) is 6.07 Å². The number of alkyl halides is 3. The molecule has 74 valence electrons. The molecule has 0 saturated heterocycles. The Bertz CT molecular complexity index is 429. The number of hydrogen-bond donors (Lipinski definition) is 1. The van der Waals surface area contributed by atoms with Crippen molar-refractivity contribution in [2.45, 2.75) is 12.6 Å². The highest BCUT2D eigenvalue weighted by Gasteiger charge is 2.36. The molecule has 0 saturated carbocycles. The molecule has 7 heteroatoms. The van der Waals surface area contributed by atoms with Gasteiger partial charge in [0.2, 0.25) is 0 Å². The molecule has 0 spiro atoms. The highest BCUT2D eigenvalue weighted by molar-refractivity contribution is 5.22. The number of aromatic nitrogens is 2. The monoisotopic (exact) mass is 203 g/mol. The van der Waals surface area contributed by atoms with E-state index in [1.54, 1.807) is 0 Å². The van der Waals surface area contributed by atoms with Gasteiger partial charge in [0.1, 0.15) is 0 Å². The minimum atomic E-state index is -4.71. The van der Waals surface area contributed by atoms with Crippen LogP contribution in [0.25, 0.3) is 0 Å². The maximum Gasteiger partial charge on any atom is 0.433 e. The van der Waals surface area contributed by atoms with Crippen LogP contribution in [-0.4, -0.2) is 9.97 Å². The maximum absolute atomic E-state index is 12.2. The van der Waals surface area contributed by atoms with Gasteiger partial charge in [-0.2, -0.15) is 18.4 Å². The third-order valence-corrected chi connectivity index (χ3v) is 1.47. The first-order valence-electron chi connectivity index (χ1n) is 3.47. The molecule has 1 rings (SSSR count). The van der Waals surface area contributed by atoms with Crippen LogP contribution < -0.4 is 5.56 Å². The third kappa shape index (κ3) is 1.90. The van der Waals surface area contributed by atoms with Crippen molar-refractivity contribution < 1.29 is 13.2 Å². The lowest BCUT2D eigenvalue weighted by Crippen LogP contribution is -2.22. The Kier molecular flexibility index (Phi) is 2.56. The first kappa shape index (κ1) is 10.2. The molecule has 1 aromatic heterocycles. The number of nitrogens with one attached hydrogen (secondary N) is 1. The lowest BCUT2D eigenvalue weighted by molar-refractivity contribution is -0.141. The second-order valence-electron chi connectivity index (χ2n) is 2.39. The van der Waals surface area contributed by atoms with Crippen LogP contribution in [0, 0.1) is 11.3 Å². The molecule has 14 heavy (non-hydrogen) atoms. The summed E-state index contributed by atoms with van der Waals surface area (Å²) < 4.78 is 36.7. The van der Waals surface area contributed by atoms with Crippen molar-refractivity contribution in [3.63, 3.8) is 0 Å². The fraction of sp³-hybridized carbons (Fsp3) is 0.286. The highest BCUT2D eigenvalue weighted by atomic mass is 19.4. The van der Waals surface area contributed by atoms with Gasteiger partial charge in [0.25, 0.3) is 5.56 Å². The summed E-state index contributed by atoms with van der Waals surface area (Å²) in [7, 11) is 0. The molecule has 4 nitrogen and oxygen atoms in total. The average Bonchev–Trinajstić information content (AvgIpc) is 2.07. The van der Waals surface area contributed by atoms with Crippen molar-refractivity contribution in [1.82, 2.24) is 9.97 Å². The number of halogens is 3. The van der Waals surface area contributed by atoms with Gasteiger partial charge in [0.15, 0.2) is 5.69 Å². The van der Waals surface area contributed by atoms with Crippen molar-refractivity contribution in [2.24, 2.45) is 0 Å². The van der Waals surface area contributed by atoms with E-state index in [9.17, 15) is 18.0 Å². The number of H-pyrrole nitrogens is 1. The van der Waals surface area contributed by atoms with Gasteiger partial charge in [-0.15, -0.1) is 0 Å². The maximum atomic E-state index is 12.2. The fourth-order valence-electron chi connectivity index (χ4n) is 0.915. The number of rotatable bonds is 1. The van der Waals surface area contributed by atoms with Crippen molar-refractivity contribution in [2.75, 3.05) is 0 Å². The van der Waals surface area contributed by atoms with Crippen LogP contribution in [0.2, 0.25) is 0 Å². The van der Waals surface area contributed by atoms with Crippen LogP contribution in [0.4, 0.5) is 13.2 Å². The summed E-state index contributed by atoms with van der Waals surface area (Å²) in [5.41, 5.74) is -2.89. The molecule has 1 heterocycles. The van der Waals surface area contributed by atoms with Crippen LogP contribution in [0.3, 0.4) is 0 Å². The summed E-state index contributed by atoms with van der Waals surface area (Å²) in [5, 5.41) is 8.24. The van der Waals surface area contributed by atoms with Gasteiger partial charge < -0.3 is 4.98 Å². The SMILES string of the molecule is N#CCc1c(C(F)(F)F)nc[nH]c1=O. The number of nitrogens with zero attached hydrogens (tertiary/aromatic N) is 2. The molecule has 0 aliphatic carbocycles. The lowest BCUT2D eigenvalue weighted by atomic mass is 10.1. The topological polar surface area (TPSA) is 69.5 Å². The van der Waals surface area contributed by atoms with E-state index in [4.69, 9.17) is 5.26 Å². The summed E-state index contributed by atoms with van der Waals surface area (Å²) >= 11 is 0. The molecule has 0 aromatic carbocycles. The summed E-state index contributed by atoms with van der Waals surface area (Å²) in [4.78, 5) is 15.9. The van der Waals surface area contributed by atoms with E-state index >= 15 is 0 Å². The van der Waals surface area contributed by atoms with Gasteiger partial charge in [0, 0.05) is 0 Å². The Hall–Kier alpha value is -1.84. The molecule has 0 atom stereocenters. The number of aromatic amines is 1. The van der Waals surface area contributed by atoms with E-state index in [-0.39, 0.29) is 0 Å². The summed E-state index contributed by atoms with van der Waals surface area (Å²) in [5.74, 6) is 0. The third-order valence-electron chi connectivity index (χ3n) is 1.47. The Morgan fingerprint density at radius 1 is 1.57 bits per heavy atom. The summed E-state index contributed by atoms with van der Waals surface area (Å²) in [6.45, 7) is 0. The summed E-state index contributed by atoms with van der Waals surface area (Å²) in [6, 6.07) is 1.48. The number of nitriles is 1. The van der Waals surface area contributed by atoms with E-state index < -0.39 is 29.4 Å². The van der Waals surface area contributed by atoms with E-state index in [1.807, 2.05) is 4.98 Å². The van der Waals surface area contributed by atoms with E-state index in [1.165, 1.54) is 6.07 Å². The van der Waals surface area contributed by atoms with Crippen LogP contribution >= 0.6 is 0 Å². The Morgan fingerprint density at radius 3 is 2.71 bits per heavy atom. The molecular weight excluding hydrogens is 199 g/mol. The van der Waals surface area contributed by atoms with Crippen LogP contribution in [0.5, 0.6) is 0 Å². The van der Waals surface area contributed by atoms with Gasteiger partial charge in [-0.05, 0) is 0 Å². The second-order valence-corrected chi connectivity index (χ2v) is 2.39. The minimum Gasteiger partial charge on any atom is -0.313 e. The Morgan fingerprint density at radius 2 is 2.21 bits per heavy atom. The molecular formula is C7H4F3N3O. The molecule has 0 fully saturated rings. The molecule has 0 aliphatic rings. The minimum absolute atomic E-state index is 0.613. The molecule has 0 bridgehead atoms. The smallest absolute Gasteiger partial charge is 0.313 e. The van der Waals surface area contributed by atoms with Gasteiger partial charge >= 0.3 is 6.18 Å². The molecule has 0 amide bonds. The lowest BCUT2D eigenvalue weighted by Gasteiger charge is -2.07. The zero-order valence-electron chi connectivity index (χ0n) is 6.72. The molecule has 1 aromatic rings. The zero-order chi connectivity index (χ0) is 10.8. The predicted molar refractivity (Wildman–Crippen MR) is 39.2 cm³/mol. The van der Waals surface area contributed by atoms with Crippen molar-refractivity contribution in [3.05, 3.63) is 27.9 Å². The van der Waals surface area contributed by atoms with Gasteiger partial charge in [-0.1, -0.05) is 0 Å². The highest BCUT2D eigenvalue weighted by Crippen LogP contribution is 2.28.